The zero-order valence-electron chi connectivity index (χ0n) is 12.3. The molecular formula is C15H22N2O3. The van der Waals surface area contributed by atoms with Gasteiger partial charge in [-0.15, -0.1) is 0 Å². The molecule has 0 aliphatic rings. The first kappa shape index (κ1) is 16.0. The van der Waals surface area contributed by atoms with Gasteiger partial charge in [0.15, 0.2) is 0 Å². The smallest absolute Gasteiger partial charge is 0.407 e. The van der Waals surface area contributed by atoms with Gasteiger partial charge in [-0.05, 0) is 17.5 Å². The molecule has 0 aliphatic carbocycles. The predicted molar refractivity (Wildman–Crippen MR) is 77.3 cm³/mol. The highest BCUT2D eigenvalue weighted by Gasteiger charge is 2.05. The number of hydrogen-bond acceptors (Lipinski definition) is 3. The van der Waals surface area contributed by atoms with E-state index in [1.807, 2.05) is 24.3 Å². The molecule has 110 valence electrons. The number of ether oxygens (including phenoxy) is 1. The molecule has 5 nitrogen and oxygen atoms in total. The van der Waals surface area contributed by atoms with E-state index >= 15 is 0 Å². The summed E-state index contributed by atoms with van der Waals surface area (Å²) in [6, 6.07) is 7.96. The number of amides is 2. The summed E-state index contributed by atoms with van der Waals surface area (Å²) in [6.07, 6.45) is 0.521. The molecule has 1 rings (SSSR count). The van der Waals surface area contributed by atoms with E-state index in [-0.39, 0.29) is 12.5 Å². The van der Waals surface area contributed by atoms with Crippen molar-refractivity contribution in [3.63, 3.8) is 0 Å². The Hall–Kier alpha value is -2.04. The van der Waals surface area contributed by atoms with Crippen LogP contribution in [0.5, 0.6) is 0 Å². The number of benzene rings is 1. The molecule has 0 aliphatic heterocycles. The minimum atomic E-state index is -0.471. The lowest BCUT2D eigenvalue weighted by Crippen LogP contribution is -2.35. The summed E-state index contributed by atoms with van der Waals surface area (Å²) < 4.78 is 5.09. The van der Waals surface area contributed by atoms with Gasteiger partial charge in [-0.25, -0.2) is 4.79 Å². The fraction of sp³-hybridized carbons (Fsp3) is 0.467. The number of aryl methyl sites for hydroxylation is 1. The number of carbonyl (C=O) groups is 2. The molecule has 0 saturated heterocycles. The maximum absolute atomic E-state index is 11.5. The van der Waals surface area contributed by atoms with Crippen LogP contribution >= 0.6 is 0 Å². The van der Waals surface area contributed by atoms with Gasteiger partial charge in [-0.1, -0.05) is 31.2 Å². The van der Waals surface area contributed by atoms with Crippen LogP contribution < -0.4 is 5.32 Å². The van der Waals surface area contributed by atoms with E-state index in [0.717, 1.165) is 12.0 Å². The Morgan fingerprint density at radius 2 is 1.80 bits per heavy atom. The molecule has 0 bridgehead atoms. The minimum Gasteiger partial charge on any atom is -0.445 e. The first-order chi connectivity index (χ1) is 9.52. The van der Waals surface area contributed by atoms with Crippen LogP contribution in [-0.4, -0.2) is 37.0 Å². The normalized spacial score (nSPS) is 9.95. The van der Waals surface area contributed by atoms with Gasteiger partial charge in [0.2, 0.25) is 5.91 Å². The maximum atomic E-state index is 11.5. The monoisotopic (exact) mass is 278 g/mol. The van der Waals surface area contributed by atoms with Gasteiger partial charge < -0.3 is 15.0 Å². The Labute approximate surface area is 119 Å². The second-order valence-corrected chi connectivity index (χ2v) is 4.61. The van der Waals surface area contributed by atoms with Crippen LogP contribution in [0, 0.1) is 0 Å². The van der Waals surface area contributed by atoms with Gasteiger partial charge in [0.05, 0.1) is 0 Å². The fourth-order valence-electron chi connectivity index (χ4n) is 1.55. The van der Waals surface area contributed by atoms with Crippen molar-refractivity contribution in [3.05, 3.63) is 35.4 Å². The second-order valence-electron chi connectivity index (χ2n) is 4.61. The van der Waals surface area contributed by atoms with Crippen LogP contribution in [0.3, 0.4) is 0 Å². The molecule has 20 heavy (non-hydrogen) atoms. The molecule has 1 aromatic carbocycles. The third-order valence-corrected chi connectivity index (χ3v) is 3.06. The van der Waals surface area contributed by atoms with Crippen LogP contribution in [0.4, 0.5) is 4.79 Å². The first-order valence-electron chi connectivity index (χ1n) is 6.73. The Morgan fingerprint density at radius 3 is 2.35 bits per heavy atom. The van der Waals surface area contributed by atoms with Gasteiger partial charge in [0.1, 0.15) is 6.61 Å². The summed E-state index contributed by atoms with van der Waals surface area (Å²) in [5.74, 6) is -0.0313. The van der Waals surface area contributed by atoms with Crippen molar-refractivity contribution in [1.82, 2.24) is 10.2 Å². The molecule has 0 spiro atoms. The zero-order chi connectivity index (χ0) is 15.0. The largest absolute Gasteiger partial charge is 0.445 e. The SMILES string of the molecule is CCc1ccc(COC(=O)NCCN(C)C(C)=O)cc1. The first-order valence-corrected chi connectivity index (χ1v) is 6.73. The van der Waals surface area contributed by atoms with E-state index in [9.17, 15) is 9.59 Å². The Morgan fingerprint density at radius 1 is 1.20 bits per heavy atom. The highest BCUT2D eigenvalue weighted by molar-refractivity contribution is 5.73. The number of rotatable bonds is 6. The van der Waals surface area contributed by atoms with Crippen LogP contribution in [0.2, 0.25) is 0 Å². The molecule has 0 heterocycles. The molecule has 0 aromatic heterocycles. The summed E-state index contributed by atoms with van der Waals surface area (Å²) >= 11 is 0. The van der Waals surface area contributed by atoms with Gasteiger partial charge in [0.25, 0.3) is 0 Å². The Bertz CT molecular complexity index is 443. The van der Waals surface area contributed by atoms with Crippen molar-refractivity contribution in [2.45, 2.75) is 26.9 Å². The van der Waals surface area contributed by atoms with E-state index in [1.54, 1.807) is 7.05 Å². The average Bonchev–Trinajstić information content (AvgIpc) is 2.45. The van der Waals surface area contributed by atoms with Gasteiger partial charge >= 0.3 is 6.09 Å². The summed E-state index contributed by atoms with van der Waals surface area (Å²) in [4.78, 5) is 23.9. The molecular weight excluding hydrogens is 256 g/mol. The van der Waals surface area contributed by atoms with E-state index in [1.165, 1.54) is 17.4 Å². The molecule has 1 aromatic rings. The van der Waals surface area contributed by atoms with Crippen LogP contribution in [-0.2, 0) is 22.6 Å². The molecule has 0 unspecified atom stereocenters. The standard InChI is InChI=1S/C15H22N2O3/c1-4-13-5-7-14(8-6-13)11-20-15(19)16-9-10-17(3)12(2)18/h5-8H,4,9-11H2,1-3H3,(H,16,19). The highest BCUT2D eigenvalue weighted by Crippen LogP contribution is 2.06. The summed E-state index contributed by atoms with van der Waals surface area (Å²) in [5, 5.41) is 2.61. The van der Waals surface area contributed by atoms with Crippen molar-refractivity contribution in [1.29, 1.82) is 0 Å². The van der Waals surface area contributed by atoms with Gasteiger partial charge in [-0.2, -0.15) is 0 Å². The van der Waals surface area contributed by atoms with Crippen molar-refractivity contribution >= 4 is 12.0 Å². The maximum Gasteiger partial charge on any atom is 0.407 e. The molecule has 1 N–H and O–H groups in total. The van der Waals surface area contributed by atoms with Crippen molar-refractivity contribution in [2.75, 3.05) is 20.1 Å². The predicted octanol–water partition coefficient (Wildman–Crippen LogP) is 1.95. The number of nitrogens with one attached hydrogen (secondary N) is 1. The minimum absolute atomic E-state index is 0.0313. The van der Waals surface area contributed by atoms with Crippen LogP contribution in [0.25, 0.3) is 0 Å². The Balaban J connectivity index is 2.23. The van der Waals surface area contributed by atoms with E-state index in [2.05, 4.69) is 12.2 Å². The fourth-order valence-corrected chi connectivity index (χ4v) is 1.55. The number of carbonyl (C=O) groups excluding carboxylic acids is 2. The molecule has 0 fully saturated rings. The van der Waals surface area contributed by atoms with Gasteiger partial charge in [0, 0.05) is 27.1 Å². The summed E-state index contributed by atoms with van der Waals surface area (Å²) in [6.45, 7) is 4.67. The molecule has 0 atom stereocenters. The molecule has 0 saturated carbocycles. The highest BCUT2D eigenvalue weighted by atomic mass is 16.5. The molecule has 5 heteroatoms. The molecule has 2 amide bonds. The second kappa shape index (κ2) is 8.19. The number of alkyl carbamates (subject to hydrolysis) is 1. The average molecular weight is 278 g/mol. The topological polar surface area (TPSA) is 58.6 Å². The summed E-state index contributed by atoms with van der Waals surface area (Å²) in [7, 11) is 1.69. The molecule has 0 radical (unpaired) electrons. The zero-order valence-corrected chi connectivity index (χ0v) is 12.3. The van der Waals surface area contributed by atoms with E-state index in [0.29, 0.717) is 13.1 Å². The van der Waals surface area contributed by atoms with E-state index in [4.69, 9.17) is 4.74 Å². The van der Waals surface area contributed by atoms with Crippen molar-refractivity contribution in [3.8, 4) is 0 Å². The van der Waals surface area contributed by atoms with Crippen molar-refractivity contribution in [2.24, 2.45) is 0 Å². The number of nitrogens with zero attached hydrogens (tertiary/aromatic N) is 1. The third kappa shape index (κ3) is 5.73. The van der Waals surface area contributed by atoms with Crippen LogP contribution in [0.1, 0.15) is 25.0 Å². The lowest BCUT2D eigenvalue weighted by Gasteiger charge is -2.14. The van der Waals surface area contributed by atoms with Gasteiger partial charge in [-0.3, -0.25) is 4.79 Å². The third-order valence-electron chi connectivity index (χ3n) is 3.06. The lowest BCUT2D eigenvalue weighted by molar-refractivity contribution is -0.127. The summed E-state index contributed by atoms with van der Waals surface area (Å²) in [5.41, 5.74) is 2.21. The lowest BCUT2D eigenvalue weighted by atomic mass is 10.1. The number of hydrogen-bond donors (Lipinski definition) is 1. The quantitative estimate of drug-likeness (QED) is 0.865. The Kier molecular flexibility index (Phi) is 6.56. The van der Waals surface area contributed by atoms with Crippen molar-refractivity contribution < 1.29 is 14.3 Å². The van der Waals surface area contributed by atoms with E-state index < -0.39 is 6.09 Å². The number of likely N-dealkylation sites (N-methyl/N-ethyl adjacent to an activating group) is 1. The van der Waals surface area contributed by atoms with Crippen LogP contribution in [0.15, 0.2) is 24.3 Å².